The Labute approximate surface area is 132 Å². The summed E-state index contributed by atoms with van der Waals surface area (Å²) in [6.07, 6.45) is 2.38. The Morgan fingerprint density at radius 3 is 2.81 bits per heavy atom. The minimum absolute atomic E-state index is 0.270. The summed E-state index contributed by atoms with van der Waals surface area (Å²) in [4.78, 5) is 2.50. The lowest BCUT2D eigenvalue weighted by atomic mass is 9.96. The Balaban J connectivity index is 2.11. The molecule has 0 spiro atoms. The van der Waals surface area contributed by atoms with Gasteiger partial charge in [-0.05, 0) is 30.0 Å². The van der Waals surface area contributed by atoms with E-state index in [2.05, 4.69) is 31.0 Å². The molecule has 1 heterocycles. The largest absolute Gasteiger partial charge is 0.311 e. The van der Waals surface area contributed by atoms with Crippen molar-refractivity contribution in [3.63, 3.8) is 0 Å². The van der Waals surface area contributed by atoms with Gasteiger partial charge in [0.25, 0.3) is 0 Å². The van der Waals surface area contributed by atoms with Crippen molar-refractivity contribution < 1.29 is 4.39 Å². The lowest BCUT2D eigenvalue weighted by Gasteiger charge is -2.42. The summed E-state index contributed by atoms with van der Waals surface area (Å²) in [7, 11) is 0. The van der Waals surface area contributed by atoms with E-state index in [9.17, 15) is 4.39 Å². The molecular formula is C17H26ClFN2. The Kier molecular flexibility index (Phi) is 6.03. The summed E-state index contributed by atoms with van der Waals surface area (Å²) in [5.41, 5.74) is 1.01. The number of nitrogens with one attached hydrogen (secondary N) is 1. The molecule has 2 rings (SSSR count). The fourth-order valence-corrected chi connectivity index (χ4v) is 3.38. The van der Waals surface area contributed by atoms with E-state index in [0.717, 1.165) is 25.2 Å². The van der Waals surface area contributed by atoms with Crippen LogP contribution in [0.5, 0.6) is 0 Å². The first kappa shape index (κ1) is 16.7. The Hall–Kier alpha value is -0.640. The van der Waals surface area contributed by atoms with Gasteiger partial charge in [0.05, 0.1) is 0 Å². The molecule has 0 saturated carbocycles. The summed E-state index contributed by atoms with van der Waals surface area (Å²) in [6, 6.07) is 5.76. The van der Waals surface area contributed by atoms with Gasteiger partial charge in [0, 0.05) is 36.7 Å². The van der Waals surface area contributed by atoms with Crippen LogP contribution in [0, 0.1) is 11.7 Å². The molecule has 1 aromatic carbocycles. The quantitative estimate of drug-likeness (QED) is 0.881. The van der Waals surface area contributed by atoms with Crippen LogP contribution in [0.3, 0.4) is 0 Å². The zero-order valence-corrected chi connectivity index (χ0v) is 14.0. The van der Waals surface area contributed by atoms with Gasteiger partial charge in [-0.25, -0.2) is 4.39 Å². The fraction of sp³-hybridized carbons (Fsp3) is 0.647. The average Bonchev–Trinajstić information content (AvgIpc) is 2.42. The second-order valence-corrected chi connectivity index (χ2v) is 6.78. The van der Waals surface area contributed by atoms with Crippen molar-refractivity contribution in [1.29, 1.82) is 0 Å². The molecule has 2 nitrogen and oxygen atoms in total. The third kappa shape index (κ3) is 4.41. The molecule has 118 valence electrons. The second-order valence-electron chi connectivity index (χ2n) is 6.37. The van der Waals surface area contributed by atoms with E-state index in [4.69, 9.17) is 11.6 Å². The summed E-state index contributed by atoms with van der Waals surface area (Å²) in [5, 5.41) is 4.19. The number of rotatable bonds is 5. The maximum absolute atomic E-state index is 13.2. The van der Waals surface area contributed by atoms with Crippen molar-refractivity contribution in [3.05, 3.63) is 34.6 Å². The molecule has 2 unspecified atom stereocenters. The molecule has 21 heavy (non-hydrogen) atoms. The van der Waals surface area contributed by atoms with Crippen molar-refractivity contribution in [2.24, 2.45) is 5.92 Å². The van der Waals surface area contributed by atoms with Gasteiger partial charge in [0.2, 0.25) is 0 Å². The number of hydrogen-bond donors (Lipinski definition) is 1. The van der Waals surface area contributed by atoms with Gasteiger partial charge >= 0.3 is 0 Å². The van der Waals surface area contributed by atoms with Crippen LogP contribution in [0.15, 0.2) is 18.2 Å². The molecule has 0 aromatic heterocycles. The van der Waals surface area contributed by atoms with Crippen molar-refractivity contribution >= 4 is 11.6 Å². The molecule has 1 saturated heterocycles. The highest BCUT2D eigenvalue weighted by Gasteiger charge is 2.29. The maximum Gasteiger partial charge on any atom is 0.124 e. The number of nitrogens with zero attached hydrogens (tertiary/aromatic N) is 1. The third-order valence-electron chi connectivity index (χ3n) is 4.33. The molecule has 4 heteroatoms. The van der Waals surface area contributed by atoms with Crippen LogP contribution < -0.4 is 5.32 Å². The molecule has 0 amide bonds. The lowest BCUT2D eigenvalue weighted by molar-refractivity contribution is 0.0885. The van der Waals surface area contributed by atoms with E-state index in [1.807, 2.05) is 6.07 Å². The van der Waals surface area contributed by atoms with Gasteiger partial charge < -0.3 is 5.32 Å². The van der Waals surface area contributed by atoms with Crippen LogP contribution in [-0.4, -0.2) is 30.1 Å². The molecule has 1 aliphatic rings. The molecule has 1 N–H and O–H groups in total. The summed E-state index contributed by atoms with van der Waals surface area (Å²) >= 11 is 6.19. The van der Waals surface area contributed by atoms with E-state index in [0.29, 0.717) is 23.0 Å². The highest BCUT2D eigenvalue weighted by molar-refractivity contribution is 6.31. The minimum atomic E-state index is -0.270. The van der Waals surface area contributed by atoms with Crippen molar-refractivity contribution in [3.8, 4) is 0 Å². The standard InChI is InChI=1S/C17H26ClFN2/c1-4-5-15-11-21(17(9-20-15)12(2)3)10-13-6-7-14(19)8-16(13)18/h6-8,12,15,17,20H,4-5,9-11H2,1-3H3. The minimum Gasteiger partial charge on any atom is -0.311 e. The van der Waals surface area contributed by atoms with Crippen LogP contribution in [0.2, 0.25) is 5.02 Å². The van der Waals surface area contributed by atoms with E-state index < -0.39 is 0 Å². The van der Waals surface area contributed by atoms with Crippen molar-refractivity contribution in [2.75, 3.05) is 13.1 Å². The highest BCUT2D eigenvalue weighted by atomic mass is 35.5. The van der Waals surface area contributed by atoms with Gasteiger partial charge in [-0.1, -0.05) is 44.9 Å². The number of halogens is 2. The molecule has 0 radical (unpaired) electrons. The van der Waals surface area contributed by atoms with Crippen LogP contribution >= 0.6 is 11.6 Å². The molecular weight excluding hydrogens is 287 g/mol. The summed E-state index contributed by atoms with van der Waals surface area (Å²) in [6.45, 7) is 9.57. The normalized spacial score (nSPS) is 23.7. The zero-order chi connectivity index (χ0) is 15.4. The molecule has 1 fully saturated rings. The van der Waals surface area contributed by atoms with Gasteiger partial charge in [-0.15, -0.1) is 0 Å². The van der Waals surface area contributed by atoms with Gasteiger partial charge in [-0.2, -0.15) is 0 Å². The number of piperazine rings is 1. The highest BCUT2D eigenvalue weighted by Crippen LogP contribution is 2.24. The average molecular weight is 313 g/mol. The van der Waals surface area contributed by atoms with Crippen molar-refractivity contribution in [2.45, 2.75) is 52.2 Å². The Morgan fingerprint density at radius 2 is 2.19 bits per heavy atom. The Morgan fingerprint density at radius 1 is 1.43 bits per heavy atom. The first-order chi connectivity index (χ1) is 10.0. The predicted molar refractivity (Wildman–Crippen MR) is 87.1 cm³/mol. The zero-order valence-electron chi connectivity index (χ0n) is 13.2. The molecule has 2 atom stereocenters. The number of benzene rings is 1. The Bertz CT molecular complexity index is 464. The second kappa shape index (κ2) is 7.57. The van der Waals surface area contributed by atoms with E-state index >= 15 is 0 Å². The first-order valence-electron chi connectivity index (χ1n) is 7.92. The van der Waals surface area contributed by atoms with E-state index in [1.54, 1.807) is 0 Å². The molecule has 1 aromatic rings. The monoisotopic (exact) mass is 312 g/mol. The van der Waals surface area contributed by atoms with Crippen LogP contribution in [0.4, 0.5) is 4.39 Å². The maximum atomic E-state index is 13.2. The van der Waals surface area contributed by atoms with Gasteiger partial charge in [0.15, 0.2) is 0 Å². The van der Waals surface area contributed by atoms with Crippen LogP contribution in [-0.2, 0) is 6.54 Å². The lowest BCUT2D eigenvalue weighted by Crippen LogP contribution is -2.57. The number of hydrogen-bond acceptors (Lipinski definition) is 2. The smallest absolute Gasteiger partial charge is 0.124 e. The van der Waals surface area contributed by atoms with Crippen LogP contribution in [0.1, 0.15) is 39.2 Å². The topological polar surface area (TPSA) is 15.3 Å². The predicted octanol–water partition coefficient (Wildman–Crippen LogP) is 4.08. The molecule has 0 bridgehead atoms. The van der Waals surface area contributed by atoms with Crippen molar-refractivity contribution in [1.82, 2.24) is 10.2 Å². The molecule has 1 aliphatic heterocycles. The van der Waals surface area contributed by atoms with Gasteiger partial charge in [-0.3, -0.25) is 4.90 Å². The third-order valence-corrected chi connectivity index (χ3v) is 4.69. The molecule has 0 aliphatic carbocycles. The van der Waals surface area contributed by atoms with E-state index in [-0.39, 0.29) is 5.82 Å². The van der Waals surface area contributed by atoms with Gasteiger partial charge in [0.1, 0.15) is 5.82 Å². The summed E-state index contributed by atoms with van der Waals surface area (Å²) < 4.78 is 13.2. The van der Waals surface area contributed by atoms with Crippen LogP contribution in [0.25, 0.3) is 0 Å². The van der Waals surface area contributed by atoms with E-state index in [1.165, 1.54) is 25.0 Å². The first-order valence-corrected chi connectivity index (χ1v) is 8.30. The summed E-state index contributed by atoms with van der Waals surface area (Å²) in [5.74, 6) is 0.313. The SMILES string of the molecule is CCCC1CN(Cc2ccc(F)cc2Cl)C(C(C)C)CN1. The fourth-order valence-electron chi connectivity index (χ4n) is 3.15.